The molecule has 0 aliphatic carbocycles. The maximum atomic E-state index is 13.1. The predicted octanol–water partition coefficient (Wildman–Crippen LogP) is 6.66. The summed E-state index contributed by atoms with van der Waals surface area (Å²) in [5.41, 5.74) is 0. The van der Waals surface area contributed by atoms with E-state index in [9.17, 15) is 45.6 Å². The summed E-state index contributed by atoms with van der Waals surface area (Å²) in [4.78, 5) is 13.1. The van der Waals surface area contributed by atoms with E-state index in [1.807, 2.05) is 18.2 Å². The van der Waals surface area contributed by atoms with Crippen LogP contribution in [-0.2, 0) is 23.7 Å². The Hall–Kier alpha value is -2.31. The van der Waals surface area contributed by atoms with Crippen molar-refractivity contribution in [3.8, 4) is 0 Å². The van der Waals surface area contributed by atoms with Gasteiger partial charge in [-0.05, 0) is 44.9 Å². The fourth-order valence-electron chi connectivity index (χ4n) is 8.07. The van der Waals surface area contributed by atoms with Crippen LogP contribution in [0.1, 0.15) is 168 Å². The van der Waals surface area contributed by atoms with E-state index in [1.54, 1.807) is 6.08 Å². The summed E-state index contributed by atoms with van der Waals surface area (Å²) in [5, 5.41) is 86.6. The number of aliphatic hydroxyl groups excluding tert-OH is 8. The highest BCUT2D eigenvalue weighted by molar-refractivity contribution is 5.76. The van der Waals surface area contributed by atoms with Crippen LogP contribution < -0.4 is 5.32 Å². The number of carbonyl (C=O) groups excluding carboxylic acids is 1. The molecule has 2 fully saturated rings. The van der Waals surface area contributed by atoms with E-state index >= 15 is 0 Å². The van der Waals surface area contributed by atoms with Gasteiger partial charge in [-0.2, -0.15) is 0 Å². The fraction of sp³-hybridized carbons (Fsp3) is 0.788. The molecule has 382 valence electrons. The SMILES string of the molecule is CC/C=C\C/C=C\C/C=C\C/C=C\CCC(=O)NC(COC1OC(CO)C(OC2OC(CO)C(O)C(O)C2O)C(O)C1O)C(O)/C=C/CCCCCCCCCCCCCCCCCCC. The summed E-state index contributed by atoms with van der Waals surface area (Å²) in [6.45, 7) is 2.61. The van der Waals surface area contributed by atoms with E-state index in [4.69, 9.17) is 18.9 Å². The lowest BCUT2D eigenvalue weighted by Crippen LogP contribution is -2.65. The average Bonchev–Trinajstić information content (AvgIpc) is 3.31. The Bertz CT molecular complexity index is 1340. The summed E-state index contributed by atoms with van der Waals surface area (Å²) in [5.74, 6) is -0.321. The summed E-state index contributed by atoms with van der Waals surface area (Å²) >= 11 is 0. The molecule has 0 saturated carbocycles. The maximum absolute atomic E-state index is 13.1. The molecule has 66 heavy (non-hydrogen) atoms. The van der Waals surface area contributed by atoms with E-state index in [0.29, 0.717) is 6.42 Å². The van der Waals surface area contributed by atoms with Crippen LogP contribution in [0.15, 0.2) is 60.8 Å². The number of unbranched alkanes of at least 4 members (excludes halogenated alkanes) is 17. The van der Waals surface area contributed by atoms with Gasteiger partial charge in [-0.3, -0.25) is 4.79 Å². The second-order valence-corrected chi connectivity index (χ2v) is 17.9. The maximum Gasteiger partial charge on any atom is 0.220 e. The van der Waals surface area contributed by atoms with Crippen molar-refractivity contribution in [3.63, 3.8) is 0 Å². The van der Waals surface area contributed by atoms with Crippen LogP contribution in [0.3, 0.4) is 0 Å². The van der Waals surface area contributed by atoms with Crippen LogP contribution >= 0.6 is 0 Å². The van der Waals surface area contributed by atoms with E-state index in [-0.39, 0.29) is 18.9 Å². The van der Waals surface area contributed by atoms with Gasteiger partial charge in [0.1, 0.15) is 48.8 Å². The first-order valence-corrected chi connectivity index (χ1v) is 25.5. The van der Waals surface area contributed by atoms with Gasteiger partial charge in [0.25, 0.3) is 0 Å². The van der Waals surface area contributed by atoms with Crippen molar-refractivity contribution < 1.29 is 64.6 Å². The first kappa shape index (κ1) is 59.8. The minimum atomic E-state index is -1.80. The highest BCUT2D eigenvalue weighted by Gasteiger charge is 2.51. The normalized spacial score (nSPS) is 27.3. The quantitative estimate of drug-likeness (QED) is 0.0234. The molecule has 1 amide bonds. The molecule has 0 aromatic carbocycles. The number of amides is 1. The summed E-state index contributed by atoms with van der Waals surface area (Å²) in [7, 11) is 0. The van der Waals surface area contributed by atoms with Crippen molar-refractivity contribution >= 4 is 5.91 Å². The molecule has 0 radical (unpaired) electrons. The molecule has 14 nitrogen and oxygen atoms in total. The van der Waals surface area contributed by atoms with Crippen LogP contribution in [0.25, 0.3) is 0 Å². The van der Waals surface area contributed by atoms with Crippen molar-refractivity contribution in [3.05, 3.63) is 60.8 Å². The molecular weight excluding hydrogens is 847 g/mol. The lowest BCUT2D eigenvalue weighted by molar-refractivity contribution is -0.359. The average molecular weight is 938 g/mol. The topological polar surface area (TPSA) is 228 Å². The molecule has 2 heterocycles. The zero-order valence-corrected chi connectivity index (χ0v) is 40.4. The number of rotatable bonds is 38. The van der Waals surface area contributed by atoms with Crippen LogP contribution in [0.5, 0.6) is 0 Å². The second-order valence-electron chi connectivity index (χ2n) is 17.9. The fourth-order valence-corrected chi connectivity index (χ4v) is 8.07. The van der Waals surface area contributed by atoms with Gasteiger partial charge >= 0.3 is 0 Å². The van der Waals surface area contributed by atoms with E-state index in [2.05, 4.69) is 55.6 Å². The number of allylic oxidation sites excluding steroid dienone is 9. The molecule has 2 rings (SSSR count). The van der Waals surface area contributed by atoms with Crippen LogP contribution in [0.2, 0.25) is 0 Å². The summed E-state index contributed by atoms with van der Waals surface area (Å²) in [6, 6.07) is -0.953. The Morgan fingerprint density at radius 1 is 0.561 bits per heavy atom. The molecular formula is C52H91NO13. The van der Waals surface area contributed by atoms with Gasteiger partial charge in [-0.25, -0.2) is 0 Å². The van der Waals surface area contributed by atoms with Gasteiger partial charge in [0, 0.05) is 6.42 Å². The first-order valence-electron chi connectivity index (χ1n) is 25.5. The second kappa shape index (κ2) is 38.5. The zero-order valence-electron chi connectivity index (χ0n) is 40.4. The first-order chi connectivity index (χ1) is 32.1. The van der Waals surface area contributed by atoms with Gasteiger partial charge in [0.05, 0.1) is 32.0 Å². The van der Waals surface area contributed by atoms with Gasteiger partial charge in [0.15, 0.2) is 12.6 Å². The molecule has 0 spiro atoms. The third kappa shape index (κ3) is 25.3. The minimum absolute atomic E-state index is 0.158. The molecule has 2 aliphatic rings. The van der Waals surface area contributed by atoms with Crippen LogP contribution in [-0.4, -0.2) is 140 Å². The summed E-state index contributed by atoms with van der Waals surface area (Å²) in [6.07, 6.45) is 29.9. The number of aliphatic hydroxyl groups is 8. The van der Waals surface area contributed by atoms with Gasteiger partial charge in [0.2, 0.25) is 5.91 Å². The third-order valence-corrected chi connectivity index (χ3v) is 12.2. The van der Waals surface area contributed by atoms with E-state index in [0.717, 1.165) is 44.9 Å². The number of hydrogen-bond donors (Lipinski definition) is 9. The van der Waals surface area contributed by atoms with Gasteiger partial charge in [-0.15, -0.1) is 0 Å². The molecule has 14 heteroatoms. The number of nitrogens with one attached hydrogen (secondary N) is 1. The molecule has 12 atom stereocenters. The predicted molar refractivity (Wildman–Crippen MR) is 258 cm³/mol. The van der Waals surface area contributed by atoms with Crippen molar-refractivity contribution in [2.75, 3.05) is 19.8 Å². The smallest absolute Gasteiger partial charge is 0.220 e. The molecule has 0 bridgehead atoms. The Labute approximate surface area is 396 Å². The monoisotopic (exact) mass is 938 g/mol. The van der Waals surface area contributed by atoms with E-state index in [1.165, 1.54) is 96.3 Å². The Morgan fingerprint density at radius 3 is 1.58 bits per heavy atom. The summed E-state index contributed by atoms with van der Waals surface area (Å²) < 4.78 is 22.6. The highest BCUT2D eigenvalue weighted by Crippen LogP contribution is 2.30. The molecule has 2 saturated heterocycles. The zero-order chi connectivity index (χ0) is 48.2. The largest absolute Gasteiger partial charge is 0.394 e. The number of hydrogen-bond acceptors (Lipinski definition) is 13. The molecule has 0 aromatic heterocycles. The van der Waals surface area contributed by atoms with Crippen molar-refractivity contribution in [2.45, 2.75) is 242 Å². The number of ether oxygens (including phenoxy) is 4. The third-order valence-electron chi connectivity index (χ3n) is 12.2. The lowest BCUT2D eigenvalue weighted by atomic mass is 9.97. The molecule has 12 unspecified atom stereocenters. The van der Waals surface area contributed by atoms with E-state index < -0.39 is 86.8 Å². The Balaban J connectivity index is 1.87. The molecule has 0 aromatic rings. The standard InChI is InChI=1S/C52H91NO13/c1-3-5-7-9-11-13-15-17-18-19-20-21-22-24-25-27-29-31-33-35-41(56)40(53-44(57)36-34-32-30-28-26-23-16-14-12-10-8-6-4-2)39-63-51-49(62)47(60)50(43(38-55)65-51)66-52-48(61)46(59)45(58)42(37-54)64-52/h6,8,12,14,23,26,30,32-33,35,40-43,45-52,54-56,58-62H,3-5,7,9-11,13,15-22,24-25,27-29,31,34,36-39H2,1-2H3,(H,53,57)/b8-6-,14-12-,26-23-,32-30-,35-33+. The van der Waals surface area contributed by atoms with Gasteiger partial charge in [-0.1, -0.05) is 177 Å². The lowest BCUT2D eigenvalue weighted by Gasteiger charge is -2.46. The number of carbonyl (C=O) groups is 1. The molecule has 2 aliphatic heterocycles. The van der Waals surface area contributed by atoms with Crippen LogP contribution in [0, 0.1) is 0 Å². The van der Waals surface area contributed by atoms with Crippen molar-refractivity contribution in [1.29, 1.82) is 0 Å². The molecule has 9 N–H and O–H groups in total. The van der Waals surface area contributed by atoms with Crippen molar-refractivity contribution in [1.82, 2.24) is 5.32 Å². The Kier molecular flexibility index (Phi) is 34.9. The Morgan fingerprint density at radius 2 is 1.05 bits per heavy atom. The minimum Gasteiger partial charge on any atom is -0.394 e. The highest BCUT2D eigenvalue weighted by atomic mass is 16.7. The van der Waals surface area contributed by atoms with Crippen molar-refractivity contribution in [2.24, 2.45) is 0 Å². The van der Waals surface area contributed by atoms with Crippen LogP contribution in [0.4, 0.5) is 0 Å². The van der Waals surface area contributed by atoms with Gasteiger partial charge < -0.3 is 65.1 Å².